The number of nitrogens with zero attached hydrogens (tertiary/aromatic N) is 9. The van der Waals surface area contributed by atoms with Crippen LogP contribution in [-0.4, -0.2) is 143 Å². The van der Waals surface area contributed by atoms with Gasteiger partial charge in [-0.3, -0.25) is 29.6 Å². The van der Waals surface area contributed by atoms with E-state index in [1.54, 1.807) is 11.2 Å². The number of nitrogens with two attached hydrogens (primary N) is 1. The van der Waals surface area contributed by atoms with Crippen molar-refractivity contribution in [1.82, 2.24) is 29.9 Å². The molecule has 314 valence electrons. The molecule has 0 saturated carbocycles. The van der Waals surface area contributed by atoms with Crippen molar-refractivity contribution >= 4 is 47.3 Å². The van der Waals surface area contributed by atoms with Gasteiger partial charge in [-0.05, 0) is 85.0 Å². The summed E-state index contributed by atoms with van der Waals surface area (Å²) in [5.74, 6) is 2.05. The standard InChI is InChI=1S/C45H49N11O5/c46-41-39-40(27-6-9-35(10-7-27)61-34-4-2-1-3-5-34)50-56(42(39)48-26-47-41)31-14-16-51(17-15-31)33-24-54(25-33)45(60)53-21-30(22-53)29-19-52(20-29)32-8-11-36-28(18-32)23-55(44(36)59)37-12-13-38(57)49-43(37)58/h1-11,18,26,29-31,33,37,39,42H,12-17,19-25H2,(H2,46,47,48)(H,49,57,58). The number of urea groups is 1. The number of imide groups is 1. The number of fused-ring (bicyclic) bond motifs is 2. The molecule has 5 amide bonds. The highest BCUT2D eigenvalue weighted by atomic mass is 16.5. The van der Waals surface area contributed by atoms with Gasteiger partial charge in [0.15, 0.2) is 6.17 Å². The highest BCUT2D eigenvalue weighted by Gasteiger charge is 2.48. The smallest absolute Gasteiger partial charge is 0.320 e. The number of amidine groups is 1. The van der Waals surface area contributed by atoms with Crippen molar-refractivity contribution in [2.45, 2.75) is 56.5 Å². The Hall–Kier alpha value is -6.29. The first-order valence-electron chi connectivity index (χ1n) is 21.6. The maximum Gasteiger partial charge on any atom is 0.320 e. The summed E-state index contributed by atoms with van der Waals surface area (Å²) in [5.41, 5.74) is 11.0. The van der Waals surface area contributed by atoms with Gasteiger partial charge in [0.1, 0.15) is 35.6 Å². The molecular formula is C45H49N11O5. The van der Waals surface area contributed by atoms with E-state index in [0.29, 0.717) is 42.2 Å². The first kappa shape index (κ1) is 37.7. The first-order chi connectivity index (χ1) is 29.7. The quantitative estimate of drug-likeness (QED) is 0.324. The fourth-order valence-corrected chi connectivity index (χ4v) is 10.4. The van der Waals surface area contributed by atoms with Gasteiger partial charge in [0.05, 0.1) is 11.8 Å². The number of hydrogen-bond acceptors (Lipinski definition) is 12. The fourth-order valence-electron chi connectivity index (χ4n) is 10.4. The van der Waals surface area contributed by atoms with Crippen LogP contribution in [0.2, 0.25) is 0 Å². The molecule has 16 nitrogen and oxygen atoms in total. The van der Waals surface area contributed by atoms with E-state index in [2.05, 4.69) is 31.2 Å². The van der Waals surface area contributed by atoms with Gasteiger partial charge < -0.3 is 30.1 Å². The summed E-state index contributed by atoms with van der Waals surface area (Å²) in [6.45, 7) is 7.24. The molecule has 3 atom stereocenters. The Labute approximate surface area is 353 Å². The van der Waals surface area contributed by atoms with Crippen LogP contribution >= 0.6 is 0 Å². The van der Waals surface area contributed by atoms with E-state index in [4.69, 9.17) is 20.6 Å². The van der Waals surface area contributed by atoms with E-state index in [1.807, 2.05) is 76.5 Å². The normalized spacial score (nSPS) is 26.0. The molecule has 3 N–H and O–H groups in total. The summed E-state index contributed by atoms with van der Waals surface area (Å²) in [4.78, 5) is 70.2. The number of hydrogen-bond donors (Lipinski definition) is 2. The minimum atomic E-state index is -0.612. The summed E-state index contributed by atoms with van der Waals surface area (Å²) < 4.78 is 6.02. The van der Waals surface area contributed by atoms with Crippen LogP contribution in [0.4, 0.5) is 10.5 Å². The summed E-state index contributed by atoms with van der Waals surface area (Å²) in [6, 6.07) is 23.8. The third-order valence-corrected chi connectivity index (χ3v) is 14.1. The molecule has 8 heterocycles. The van der Waals surface area contributed by atoms with Gasteiger partial charge in [0, 0.05) is 94.5 Å². The zero-order valence-corrected chi connectivity index (χ0v) is 33.9. The van der Waals surface area contributed by atoms with Crippen molar-refractivity contribution in [1.29, 1.82) is 0 Å². The number of para-hydroxylation sites is 1. The number of hydrazone groups is 1. The van der Waals surface area contributed by atoms with E-state index in [0.717, 1.165) is 99.2 Å². The van der Waals surface area contributed by atoms with E-state index in [9.17, 15) is 19.2 Å². The molecule has 8 aliphatic heterocycles. The van der Waals surface area contributed by atoms with Gasteiger partial charge in [-0.15, -0.1) is 0 Å². The lowest BCUT2D eigenvalue weighted by atomic mass is 9.80. The molecule has 8 aliphatic rings. The van der Waals surface area contributed by atoms with E-state index in [1.165, 1.54) is 0 Å². The molecule has 0 aliphatic carbocycles. The minimum absolute atomic E-state index is 0.151. The molecule has 5 saturated heterocycles. The Morgan fingerprint density at radius 2 is 1.52 bits per heavy atom. The zero-order valence-electron chi connectivity index (χ0n) is 33.9. The average molecular weight is 824 g/mol. The maximum absolute atomic E-state index is 13.4. The Balaban J connectivity index is 0.631. The highest BCUT2D eigenvalue weighted by molar-refractivity contribution is 6.17. The SMILES string of the molecule is NC1=NC=NC2C1C(c1ccc(Oc3ccccc3)cc1)=NN2C1CCN(C2CN(C(=O)N3CC(C4CN(c5ccc6c(c5)CN(C5CCC(=O)NC5=O)C6=O)C4)C3)C2)CC1. The molecule has 3 aromatic carbocycles. The van der Waals surface area contributed by atoms with Crippen LogP contribution < -0.4 is 20.7 Å². The summed E-state index contributed by atoms with van der Waals surface area (Å²) >= 11 is 0. The number of anilines is 1. The number of nitrogens with one attached hydrogen (secondary N) is 1. The Kier molecular flexibility index (Phi) is 9.27. The second-order valence-electron chi connectivity index (χ2n) is 17.7. The fraction of sp³-hybridized carbons (Fsp3) is 0.444. The van der Waals surface area contributed by atoms with Gasteiger partial charge >= 0.3 is 6.03 Å². The maximum atomic E-state index is 13.4. The molecule has 0 bridgehead atoms. The number of carbonyl (C=O) groups is 4. The van der Waals surface area contributed by atoms with Crippen molar-refractivity contribution in [3.8, 4) is 11.5 Å². The van der Waals surface area contributed by atoms with Crippen LogP contribution in [0.15, 0.2) is 87.9 Å². The number of piperidine rings is 2. The largest absolute Gasteiger partial charge is 0.457 e. The Morgan fingerprint density at radius 1 is 0.803 bits per heavy atom. The second kappa shape index (κ2) is 15.0. The van der Waals surface area contributed by atoms with E-state index in [-0.39, 0.29) is 42.4 Å². The average Bonchev–Trinajstić information content (AvgIpc) is 3.77. The van der Waals surface area contributed by atoms with Crippen LogP contribution in [0.3, 0.4) is 0 Å². The molecule has 0 radical (unpaired) electrons. The molecule has 3 unspecified atom stereocenters. The van der Waals surface area contributed by atoms with Crippen LogP contribution in [0.5, 0.6) is 11.5 Å². The van der Waals surface area contributed by atoms with Crippen LogP contribution in [0.25, 0.3) is 0 Å². The Morgan fingerprint density at radius 3 is 2.28 bits per heavy atom. The van der Waals surface area contributed by atoms with Gasteiger partial charge in [-0.1, -0.05) is 18.2 Å². The van der Waals surface area contributed by atoms with Crippen molar-refractivity contribution in [2.75, 3.05) is 57.3 Å². The van der Waals surface area contributed by atoms with Gasteiger partial charge in [0.2, 0.25) is 11.8 Å². The van der Waals surface area contributed by atoms with E-state index < -0.39 is 11.9 Å². The van der Waals surface area contributed by atoms with Crippen LogP contribution in [0, 0.1) is 17.8 Å². The minimum Gasteiger partial charge on any atom is -0.457 e. The molecule has 5 fully saturated rings. The summed E-state index contributed by atoms with van der Waals surface area (Å²) in [6.07, 6.45) is 3.86. The molecule has 61 heavy (non-hydrogen) atoms. The third kappa shape index (κ3) is 6.76. The molecule has 0 spiro atoms. The number of carbonyl (C=O) groups excluding carboxylic acids is 4. The number of aliphatic imine (C=N–C) groups is 2. The zero-order chi connectivity index (χ0) is 41.4. The van der Waals surface area contributed by atoms with E-state index >= 15 is 0 Å². The first-order valence-corrected chi connectivity index (χ1v) is 21.6. The third-order valence-electron chi connectivity index (χ3n) is 14.1. The van der Waals surface area contributed by atoms with Crippen molar-refractivity contribution in [3.05, 3.63) is 89.5 Å². The van der Waals surface area contributed by atoms with Gasteiger partial charge in [-0.25, -0.2) is 14.8 Å². The number of rotatable bonds is 8. The Bertz CT molecular complexity index is 2340. The van der Waals surface area contributed by atoms with Crippen LogP contribution in [-0.2, 0) is 16.1 Å². The number of likely N-dealkylation sites (tertiary alicyclic amines) is 3. The predicted molar refractivity (Wildman–Crippen MR) is 227 cm³/mol. The van der Waals surface area contributed by atoms with Crippen LogP contribution in [0.1, 0.15) is 47.2 Å². The summed E-state index contributed by atoms with van der Waals surface area (Å²) in [5, 5.41) is 9.70. The number of ether oxygens (including phenoxy) is 1. The molecule has 11 rings (SSSR count). The van der Waals surface area contributed by atoms with Crippen molar-refractivity contribution < 1.29 is 23.9 Å². The molecule has 3 aromatic rings. The monoisotopic (exact) mass is 823 g/mol. The number of benzene rings is 3. The topological polar surface area (TPSA) is 172 Å². The van der Waals surface area contributed by atoms with Gasteiger partial charge in [-0.2, -0.15) is 5.10 Å². The molecular weight excluding hydrogens is 775 g/mol. The lowest BCUT2D eigenvalue weighted by Gasteiger charge is -2.54. The van der Waals surface area contributed by atoms with Gasteiger partial charge in [0.25, 0.3) is 5.91 Å². The summed E-state index contributed by atoms with van der Waals surface area (Å²) in [7, 11) is 0. The lowest BCUT2D eigenvalue weighted by molar-refractivity contribution is -0.136. The highest BCUT2D eigenvalue weighted by Crippen LogP contribution is 2.39. The molecule has 16 heteroatoms. The predicted octanol–water partition coefficient (Wildman–Crippen LogP) is 2.94. The molecule has 0 aromatic heterocycles. The second-order valence-corrected chi connectivity index (χ2v) is 17.7. The van der Waals surface area contributed by atoms with Crippen molar-refractivity contribution in [2.24, 2.45) is 38.6 Å². The van der Waals surface area contributed by atoms with Crippen molar-refractivity contribution in [3.63, 3.8) is 0 Å². The number of amides is 5. The lowest BCUT2D eigenvalue weighted by Crippen LogP contribution is -2.68.